The highest BCUT2D eigenvalue weighted by Gasteiger charge is 2.17. The number of aldehydes is 1. The molecule has 3 aromatic heterocycles. The number of hydrogen-bond donors (Lipinski definition) is 0. The molecule has 0 atom stereocenters. The first-order valence-electron chi connectivity index (χ1n) is 21.8. The van der Waals surface area contributed by atoms with Gasteiger partial charge in [-0.1, -0.05) is 94.6 Å². The number of aryl methyl sites for hydroxylation is 3. The minimum Gasteiger partial charge on any atom is -0.340 e. The van der Waals surface area contributed by atoms with Crippen LogP contribution in [0.5, 0.6) is 0 Å². The van der Waals surface area contributed by atoms with Gasteiger partial charge >= 0.3 is 0 Å². The van der Waals surface area contributed by atoms with Crippen LogP contribution in [0.2, 0.25) is 0 Å². The highest BCUT2D eigenvalue weighted by atomic mass is 16.1. The van der Waals surface area contributed by atoms with E-state index in [0.29, 0.717) is 5.56 Å². The Morgan fingerprint density at radius 1 is 0.356 bits per heavy atom. The number of rotatable bonds is 13. The van der Waals surface area contributed by atoms with E-state index in [-0.39, 0.29) is 0 Å². The molecule has 0 N–H and O–H groups in total. The number of nitrogens with zero attached hydrogens (tertiary/aromatic N) is 3. The highest BCUT2D eigenvalue weighted by Crippen LogP contribution is 2.40. The van der Waals surface area contributed by atoms with Crippen LogP contribution in [0.4, 0.5) is 0 Å². The Hall–Kier alpha value is -6.39. The van der Waals surface area contributed by atoms with Crippen molar-refractivity contribution in [2.24, 2.45) is 0 Å². The van der Waals surface area contributed by atoms with Crippen molar-refractivity contribution < 1.29 is 4.79 Å². The zero-order valence-corrected chi connectivity index (χ0v) is 34.5. The lowest BCUT2D eigenvalue weighted by molar-refractivity contribution is 0.112. The summed E-state index contributed by atoms with van der Waals surface area (Å²) >= 11 is 0. The molecule has 0 amide bonds. The molecule has 4 nitrogen and oxygen atoms in total. The third-order valence-electron chi connectivity index (χ3n) is 12.7. The molecule has 0 unspecified atom stereocenters. The first kappa shape index (κ1) is 36.9. The van der Waals surface area contributed by atoms with Crippen LogP contribution in [0.25, 0.3) is 98.8 Å². The van der Waals surface area contributed by atoms with Crippen LogP contribution in [0, 0.1) is 0 Å². The van der Waals surface area contributed by atoms with Crippen LogP contribution in [-0.4, -0.2) is 20.0 Å². The summed E-state index contributed by atoms with van der Waals surface area (Å²) in [5.41, 5.74) is 15.5. The fourth-order valence-electron chi connectivity index (χ4n) is 9.64. The molecule has 0 saturated heterocycles. The molecule has 0 saturated carbocycles. The van der Waals surface area contributed by atoms with Crippen molar-refractivity contribution in [3.05, 3.63) is 145 Å². The van der Waals surface area contributed by atoms with Crippen molar-refractivity contribution in [2.75, 3.05) is 0 Å². The van der Waals surface area contributed by atoms with E-state index >= 15 is 0 Å². The van der Waals surface area contributed by atoms with Crippen molar-refractivity contribution in [2.45, 2.75) is 78.9 Å². The molecule has 4 heteroatoms. The van der Waals surface area contributed by atoms with E-state index in [2.05, 4.69) is 168 Å². The van der Waals surface area contributed by atoms with Crippen LogP contribution in [0.15, 0.2) is 140 Å². The minimum atomic E-state index is 0.708. The monoisotopic (exact) mass is 769 g/mol. The van der Waals surface area contributed by atoms with E-state index in [4.69, 9.17) is 0 Å². The lowest BCUT2D eigenvalue weighted by Gasteiger charge is -2.13. The lowest BCUT2D eigenvalue weighted by atomic mass is 9.92. The minimum absolute atomic E-state index is 0.708. The summed E-state index contributed by atoms with van der Waals surface area (Å²) < 4.78 is 7.45. The molecule has 0 aliphatic heterocycles. The maximum Gasteiger partial charge on any atom is 0.150 e. The predicted molar refractivity (Wildman–Crippen MR) is 252 cm³/mol. The van der Waals surface area contributed by atoms with E-state index in [1.165, 1.54) is 93.4 Å². The second-order valence-electron chi connectivity index (χ2n) is 16.4. The van der Waals surface area contributed by atoms with Crippen LogP contribution in [-0.2, 0) is 19.6 Å². The van der Waals surface area contributed by atoms with Crippen molar-refractivity contribution in [3.8, 4) is 33.4 Å². The van der Waals surface area contributed by atoms with Gasteiger partial charge in [-0.3, -0.25) is 4.79 Å². The van der Waals surface area contributed by atoms with Gasteiger partial charge in [0.2, 0.25) is 0 Å². The normalized spacial score (nSPS) is 12.0. The maximum absolute atomic E-state index is 12.0. The number of carbonyl (C=O) groups is 1. The van der Waals surface area contributed by atoms with Crippen LogP contribution >= 0.6 is 0 Å². The zero-order valence-electron chi connectivity index (χ0n) is 34.5. The Kier molecular flexibility index (Phi) is 9.64. The summed E-state index contributed by atoms with van der Waals surface area (Å²) in [4.78, 5) is 12.0. The second kappa shape index (κ2) is 15.4. The fourth-order valence-corrected chi connectivity index (χ4v) is 9.64. The van der Waals surface area contributed by atoms with Gasteiger partial charge in [0.05, 0.1) is 0 Å². The molecule has 59 heavy (non-hydrogen) atoms. The number of benzene rings is 7. The summed E-state index contributed by atoms with van der Waals surface area (Å²) in [6.45, 7) is 9.76. The molecule has 10 aromatic rings. The maximum atomic E-state index is 12.0. The topological polar surface area (TPSA) is 31.9 Å². The Morgan fingerprint density at radius 2 is 0.695 bits per heavy atom. The average Bonchev–Trinajstić information content (AvgIpc) is 3.90. The molecule has 0 radical (unpaired) electrons. The van der Waals surface area contributed by atoms with E-state index in [1.54, 1.807) is 0 Å². The SMILES string of the molecule is CCCCn1c2ccccc2c2cc(-c3cc(-c4ccc5c(c4)c4ccccc4n5CCCC)cc(-c4ccc5c(c4)c4cc(C=O)ccc4n5CCCC)c3)ccc21. The van der Waals surface area contributed by atoms with Gasteiger partial charge < -0.3 is 13.7 Å². The number of unbranched alkanes of at least 4 members (excludes halogenated alkanes) is 3. The Morgan fingerprint density at radius 3 is 1.08 bits per heavy atom. The number of hydrogen-bond acceptors (Lipinski definition) is 1. The summed E-state index contributed by atoms with van der Waals surface area (Å²) in [6.07, 6.45) is 7.82. The molecule has 0 spiro atoms. The Labute approximate surface area is 346 Å². The second-order valence-corrected chi connectivity index (χ2v) is 16.4. The van der Waals surface area contributed by atoms with Gasteiger partial charge in [-0.2, -0.15) is 0 Å². The van der Waals surface area contributed by atoms with E-state index < -0.39 is 0 Å². The molecular formula is C55H51N3O. The zero-order chi connectivity index (χ0) is 40.0. The molecule has 0 aliphatic carbocycles. The van der Waals surface area contributed by atoms with Gasteiger partial charge in [-0.25, -0.2) is 0 Å². The lowest BCUT2D eigenvalue weighted by Crippen LogP contribution is -1.97. The standard InChI is InChI=1S/C55H51N3O/c1-4-7-26-56-50-16-12-10-14-44(50)47-33-38(19-23-53(47)56)41-30-42(39-20-24-54-48(34-39)45-15-11-13-17-51(45)57(54)27-8-5-2)32-43(31-41)40-21-25-55-49(35-40)46-29-37(36-59)18-22-52(46)58(55)28-9-6-3/h10-25,29-36H,4-9,26-28H2,1-3H3. The number of para-hydroxylation sites is 2. The van der Waals surface area contributed by atoms with Crippen molar-refractivity contribution in [1.29, 1.82) is 0 Å². The third kappa shape index (κ3) is 6.33. The fraction of sp³-hybridized carbons (Fsp3) is 0.218. The molecule has 0 aliphatic rings. The Balaban J connectivity index is 1.19. The first-order chi connectivity index (χ1) is 29.1. The van der Waals surface area contributed by atoms with Crippen LogP contribution < -0.4 is 0 Å². The predicted octanol–water partition coefficient (Wildman–Crippen LogP) is 15.2. The van der Waals surface area contributed by atoms with Gasteiger partial charge in [-0.05, 0) is 138 Å². The van der Waals surface area contributed by atoms with Crippen molar-refractivity contribution in [1.82, 2.24) is 13.7 Å². The average molecular weight is 770 g/mol. The smallest absolute Gasteiger partial charge is 0.150 e. The van der Waals surface area contributed by atoms with E-state index in [9.17, 15) is 4.79 Å². The molecule has 3 heterocycles. The van der Waals surface area contributed by atoms with Gasteiger partial charge in [0.25, 0.3) is 0 Å². The van der Waals surface area contributed by atoms with Crippen LogP contribution in [0.1, 0.15) is 69.7 Å². The third-order valence-corrected chi connectivity index (χ3v) is 12.7. The summed E-state index contributed by atoms with van der Waals surface area (Å²) in [6, 6.07) is 52.1. The quantitative estimate of drug-likeness (QED) is 0.107. The molecule has 0 bridgehead atoms. The number of fused-ring (bicyclic) bond motifs is 9. The van der Waals surface area contributed by atoms with E-state index in [0.717, 1.165) is 69.8 Å². The summed E-state index contributed by atoms with van der Waals surface area (Å²) in [5, 5.41) is 7.54. The van der Waals surface area contributed by atoms with Crippen LogP contribution in [0.3, 0.4) is 0 Å². The van der Waals surface area contributed by atoms with Gasteiger partial charge in [0, 0.05) is 90.6 Å². The van der Waals surface area contributed by atoms with Crippen molar-refractivity contribution in [3.63, 3.8) is 0 Å². The molecule has 7 aromatic carbocycles. The largest absolute Gasteiger partial charge is 0.340 e. The molecule has 292 valence electrons. The van der Waals surface area contributed by atoms with Crippen molar-refractivity contribution >= 4 is 71.7 Å². The number of carbonyl (C=O) groups excluding carboxylic acids is 1. The highest BCUT2D eigenvalue weighted by molar-refractivity contribution is 6.12. The Bertz CT molecular complexity index is 3060. The summed E-state index contributed by atoms with van der Waals surface area (Å²) in [7, 11) is 0. The first-order valence-corrected chi connectivity index (χ1v) is 21.8. The number of aromatic nitrogens is 3. The van der Waals surface area contributed by atoms with Gasteiger partial charge in [0.15, 0.2) is 0 Å². The van der Waals surface area contributed by atoms with E-state index in [1.807, 2.05) is 6.07 Å². The summed E-state index contributed by atoms with van der Waals surface area (Å²) in [5.74, 6) is 0. The van der Waals surface area contributed by atoms with Gasteiger partial charge in [-0.15, -0.1) is 0 Å². The molecular weight excluding hydrogens is 719 g/mol. The molecule has 10 rings (SSSR count). The molecule has 0 fully saturated rings. The van der Waals surface area contributed by atoms with Gasteiger partial charge in [0.1, 0.15) is 6.29 Å².